The summed E-state index contributed by atoms with van der Waals surface area (Å²) in [5.41, 5.74) is 4.60. The Bertz CT molecular complexity index is 1320. The Hall–Kier alpha value is -3.06. The van der Waals surface area contributed by atoms with Gasteiger partial charge in [0.2, 0.25) is 0 Å². The molecule has 0 saturated heterocycles. The monoisotopic (exact) mass is 463 g/mol. The third kappa shape index (κ3) is 3.61. The van der Waals surface area contributed by atoms with Crippen LogP contribution >= 0.6 is 15.9 Å². The Kier molecular flexibility index (Phi) is 5.39. The predicted octanol–water partition coefficient (Wildman–Crippen LogP) is 4.97. The molecule has 0 saturated carbocycles. The molecule has 152 valence electrons. The van der Waals surface area contributed by atoms with E-state index < -0.39 is 0 Å². The topological polar surface area (TPSA) is 65.1 Å². The maximum absolute atomic E-state index is 13.2. The van der Waals surface area contributed by atoms with E-state index in [9.17, 15) is 4.79 Å². The van der Waals surface area contributed by atoms with E-state index in [1.807, 2.05) is 52.0 Å². The fraction of sp³-hybridized carbons (Fsp3) is 0.217. The van der Waals surface area contributed by atoms with Crippen molar-refractivity contribution >= 4 is 33.0 Å². The Morgan fingerprint density at radius 1 is 1.10 bits per heavy atom. The first-order valence-electron chi connectivity index (χ1n) is 9.72. The van der Waals surface area contributed by atoms with Gasteiger partial charge in [-0.2, -0.15) is 9.78 Å². The van der Waals surface area contributed by atoms with Crippen LogP contribution in [-0.2, 0) is 0 Å². The van der Waals surface area contributed by atoms with Crippen LogP contribution in [0.15, 0.2) is 63.2 Å². The number of aryl methyl sites for hydroxylation is 1. The minimum Gasteiger partial charge on any atom is -0.318 e. The maximum Gasteiger partial charge on any atom is 0.282 e. The SMILES string of the molecule is Cc1cc(C=Nn2c(C(C)C)nc3ccc(Br)cc3c2=O)c(C)n1-c1ccncc1. The van der Waals surface area contributed by atoms with Crippen molar-refractivity contribution in [3.8, 4) is 5.69 Å². The molecular formula is C23H22BrN5O. The Morgan fingerprint density at radius 3 is 2.53 bits per heavy atom. The average Bonchev–Trinajstić information content (AvgIpc) is 3.01. The number of hydrogen-bond donors (Lipinski definition) is 0. The lowest BCUT2D eigenvalue weighted by molar-refractivity contribution is 0.665. The molecule has 0 atom stereocenters. The second kappa shape index (κ2) is 7.99. The number of fused-ring (bicyclic) bond motifs is 1. The van der Waals surface area contributed by atoms with Crippen molar-refractivity contribution in [1.29, 1.82) is 0 Å². The van der Waals surface area contributed by atoms with Gasteiger partial charge in [-0.3, -0.25) is 9.78 Å². The first kappa shape index (κ1) is 20.2. The molecule has 0 unspecified atom stereocenters. The van der Waals surface area contributed by atoms with Crippen LogP contribution in [0.1, 0.15) is 42.5 Å². The van der Waals surface area contributed by atoms with Gasteiger partial charge in [0.05, 0.1) is 17.1 Å². The summed E-state index contributed by atoms with van der Waals surface area (Å²) < 4.78 is 4.39. The van der Waals surface area contributed by atoms with Crippen molar-refractivity contribution in [1.82, 2.24) is 19.2 Å². The summed E-state index contributed by atoms with van der Waals surface area (Å²) in [5, 5.41) is 5.10. The summed E-state index contributed by atoms with van der Waals surface area (Å²) in [5.74, 6) is 0.682. The molecule has 0 radical (unpaired) electrons. The highest BCUT2D eigenvalue weighted by Gasteiger charge is 2.14. The number of halogens is 1. The highest BCUT2D eigenvalue weighted by Crippen LogP contribution is 2.21. The first-order valence-corrected chi connectivity index (χ1v) is 10.5. The van der Waals surface area contributed by atoms with Crippen molar-refractivity contribution in [3.63, 3.8) is 0 Å². The quantitative estimate of drug-likeness (QED) is 0.401. The first-order chi connectivity index (χ1) is 14.4. The van der Waals surface area contributed by atoms with Gasteiger partial charge in [-0.15, -0.1) is 0 Å². The van der Waals surface area contributed by atoms with E-state index in [1.165, 1.54) is 4.68 Å². The third-order valence-corrected chi connectivity index (χ3v) is 5.55. The van der Waals surface area contributed by atoms with Gasteiger partial charge in [0.1, 0.15) is 5.82 Å². The molecule has 0 N–H and O–H groups in total. The molecule has 1 aromatic carbocycles. The Labute approximate surface area is 183 Å². The zero-order valence-corrected chi connectivity index (χ0v) is 18.9. The number of hydrogen-bond acceptors (Lipinski definition) is 4. The maximum atomic E-state index is 13.2. The van der Waals surface area contributed by atoms with Gasteiger partial charge < -0.3 is 4.57 Å². The lowest BCUT2D eigenvalue weighted by Gasteiger charge is -2.12. The van der Waals surface area contributed by atoms with Crippen molar-refractivity contribution in [2.45, 2.75) is 33.6 Å². The fourth-order valence-corrected chi connectivity index (χ4v) is 3.94. The predicted molar refractivity (Wildman–Crippen MR) is 124 cm³/mol. The van der Waals surface area contributed by atoms with Gasteiger partial charge >= 0.3 is 0 Å². The molecule has 4 aromatic rings. The molecule has 0 aliphatic heterocycles. The molecule has 0 aliphatic carbocycles. The van der Waals surface area contributed by atoms with Crippen molar-refractivity contribution < 1.29 is 0 Å². The molecule has 0 aliphatic rings. The van der Waals surface area contributed by atoms with E-state index in [0.717, 1.165) is 27.1 Å². The number of pyridine rings is 1. The third-order valence-electron chi connectivity index (χ3n) is 5.05. The minimum atomic E-state index is -0.177. The Morgan fingerprint density at radius 2 is 1.83 bits per heavy atom. The molecule has 0 bridgehead atoms. The van der Waals surface area contributed by atoms with Crippen LogP contribution in [0.4, 0.5) is 0 Å². The largest absolute Gasteiger partial charge is 0.318 e. The van der Waals surface area contributed by atoms with Gasteiger partial charge in [-0.25, -0.2) is 4.98 Å². The molecule has 0 amide bonds. The van der Waals surface area contributed by atoms with Gasteiger partial charge in [0.25, 0.3) is 5.56 Å². The van der Waals surface area contributed by atoms with E-state index in [-0.39, 0.29) is 11.5 Å². The van der Waals surface area contributed by atoms with Gasteiger partial charge in [-0.1, -0.05) is 29.8 Å². The summed E-state index contributed by atoms with van der Waals surface area (Å²) in [4.78, 5) is 22.0. The van der Waals surface area contributed by atoms with Crippen molar-refractivity contribution in [2.75, 3.05) is 0 Å². The van der Waals surface area contributed by atoms with Crippen LogP contribution in [0.2, 0.25) is 0 Å². The summed E-state index contributed by atoms with van der Waals surface area (Å²) in [6, 6.07) is 11.5. The van der Waals surface area contributed by atoms with E-state index >= 15 is 0 Å². The highest BCUT2D eigenvalue weighted by molar-refractivity contribution is 9.10. The molecule has 30 heavy (non-hydrogen) atoms. The molecule has 6 nitrogen and oxygen atoms in total. The number of nitrogens with zero attached hydrogens (tertiary/aromatic N) is 5. The zero-order chi connectivity index (χ0) is 21.4. The van der Waals surface area contributed by atoms with Crippen molar-refractivity contribution in [3.05, 3.63) is 86.4 Å². The number of rotatable bonds is 4. The second-order valence-electron chi connectivity index (χ2n) is 7.51. The van der Waals surface area contributed by atoms with Crippen LogP contribution in [0.25, 0.3) is 16.6 Å². The smallest absolute Gasteiger partial charge is 0.282 e. The van der Waals surface area contributed by atoms with Crippen LogP contribution in [0.5, 0.6) is 0 Å². The molecule has 7 heteroatoms. The summed E-state index contributed by atoms with van der Waals surface area (Å²) in [7, 11) is 0. The molecule has 0 fully saturated rings. The summed E-state index contributed by atoms with van der Waals surface area (Å²) in [6.45, 7) is 8.10. The van der Waals surface area contributed by atoms with Crippen LogP contribution in [-0.4, -0.2) is 25.4 Å². The summed E-state index contributed by atoms with van der Waals surface area (Å²) >= 11 is 3.44. The van der Waals surface area contributed by atoms with E-state index in [1.54, 1.807) is 24.7 Å². The molecule has 4 rings (SSSR count). The van der Waals surface area contributed by atoms with E-state index in [0.29, 0.717) is 16.7 Å². The molecule has 3 heterocycles. The highest BCUT2D eigenvalue weighted by atomic mass is 79.9. The van der Waals surface area contributed by atoms with Crippen LogP contribution in [0, 0.1) is 13.8 Å². The standard InChI is InChI=1S/C23H22BrN5O/c1-14(2)22-27-21-6-5-18(24)12-20(21)23(30)29(22)26-13-17-11-15(3)28(16(17)4)19-7-9-25-10-8-19/h5-14H,1-4H3. The van der Waals surface area contributed by atoms with E-state index in [2.05, 4.69) is 36.6 Å². The van der Waals surface area contributed by atoms with Crippen LogP contribution in [0.3, 0.4) is 0 Å². The number of aromatic nitrogens is 4. The molecule has 0 spiro atoms. The normalized spacial score (nSPS) is 11.8. The van der Waals surface area contributed by atoms with Gasteiger partial charge in [-0.05, 0) is 50.2 Å². The summed E-state index contributed by atoms with van der Waals surface area (Å²) in [6.07, 6.45) is 5.28. The Balaban J connectivity index is 1.84. The van der Waals surface area contributed by atoms with Gasteiger partial charge in [0, 0.05) is 45.4 Å². The number of benzene rings is 1. The molecule has 3 aromatic heterocycles. The fourth-order valence-electron chi connectivity index (χ4n) is 3.58. The second-order valence-corrected chi connectivity index (χ2v) is 8.43. The van der Waals surface area contributed by atoms with Gasteiger partial charge in [0.15, 0.2) is 0 Å². The lowest BCUT2D eigenvalue weighted by Crippen LogP contribution is -2.23. The lowest BCUT2D eigenvalue weighted by atomic mass is 10.2. The van der Waals surface area contributed by atoms with Crippen molar-refractivity contribution in [2.24, 2.45) is 5.10 Å². The van der Waals surface area contributed by atoms with Crippen LogP contribution < -0.4 is 5.56 Å². The van der Waals surface area contributed by atoms with E-state index in [4.69, 9.17) is 4.98 Å². The minimum absolute atomic E-state index is 0.0483. The molecular weight excluding hydrogens is 442 g/mol. The zero-order valence-electron chi connectivity index (χ0n) is 17.3. The average molecular weight is 464 g/mol.